The number of sulfonamides is 1. The Balaban J connectivity index is 1.61. The molecule has 0 fully saturated rings. The molecule has 0 heterocycles. The van der Waals surface area contributed by atoms with Crippen LogP contribution in [0.25, 0.3) is 0 Å². The quantitative estimate of drug-likeness (QED) is 0.506. The van der Waals surface area contributed by atoms with Crippen LogP contribution in [0.1, 0.15) is 6.92 Å². The topological polar surface area (TPSA) is 103 Å². The standard InChI is InChI=1S/C23H24N2O6S/c1-16(31-21-6-4-5-20(15-21)30-3)23(26)24-17-9-13-22(14-10-17)32(27,28)25-18-7-11-19(29-2)12-8-18/h4-16,25H,1-3H3,(H,24,26)/t16-/m0/s1. The van der Waals surface area contributed by atoms with Gasteiger partial charge in [0.2, 0.25) is 0 Å². The number of amides is 1. The highest BCUT2D eigenvalue weighted by Crippen LogP contribution is 2.22. The Labute approximate surface area is 187 Å². The second-order valence-electron chi connectivity index (χ2n) is 6.79. The molecule has 3 rings (SSSR count). The monoisotopic (exact) mass is 456 g/mol. The average Bonchev–Trinajstić information content (AvgIpc) is 2.79. The minimum atomic E-state index is -3.78. The first-order chi connectivity index (χ1) is 15.3. The summed E-state index contributed by atoms with van der Waals surface area (Å²) in [5.41, 5.74) is 0.853. The Morgan fingerprint density at radius 2 is 1.41 bits per heavy atom. The summed E-state index contributed by atoms with van der Waals surface area (Å²) in [4.78, 5) is 12.5. The number of benzene rings is 3. The van der Waals surface area contributed by atoms with E-state index in [1.54, 1.807) is 62.6 Å². The highest BCUT2D eigenvalue weighted by Gasteiger charge is 2.17. The molecule has 0 saturated carbocycles. The van der Waals surface area contributed by atoms with Crippen molar-refractivity contribution in [1.82, 2.24) is 0 Å². The van der Waals surface area contributed by atoms with Gasteiger partial charge in [-0.1, -0.05) is 6.07 Å². The molecule has 2 N–H and O–H groups in total. The lowest BCUT2D eigenvalue weighted by molar-refractivity contribution is -0.122. The zero-order chi connectivity index (χ0) is 23.1. The lowest BCUT2D eigenvalue weighted by Gasteiger charge is -2.15. The Hall–Kier alpha value is -3.72. The van der Waals surface area contributed by atoms with Gasteiger partial charge in [0, 0.05) is 17.4 Å². The molecule has 0 aliphatic heterocycles. The first-order valence-corrected chi connectivity index (χ1v) is 11.2. The predicted molar refractivity (Wildman–Crippen MR) is 122 cm³/mol. The van der Waals surface area contributed by atoms with Crippen molar-refractivity contribution < 1.29 is 27.4 Å². The fourth-order valence-electron chi connectivity index (χ4n) is 2.77. The maximum atomic E-state index is 12.6. The molecule has 168 valence electrons. The Morgan fingerprint density at radius 3 is 2.03 bits per heavy atom. The predicted octanol–water partition coefficient (Wildman–Crippen LogP) is 3.91. The lowest BCUT2D eigenvalue weighted by Crippen LogP contribution is -2.30. The van der Waals surface area contributed by atoms with Crippen molar-refractivity contribution in [3.63, 3.8) is 0 Å². The van der Waals surface area contributed by atoms with Gasteiger partial charge in [-0.05, 0) is 67.6 Å². The molecule has 0 unspecified atom stereocenters. The largest absolute Gasteiger partial charge is 0.497 e. The zero-order valence-corrected chi connectivity index (χ0v) is 18.7. The highest BCUT2D eigenvalue weighted by atomic mass is 32.2. The van der Waals surface area contributed by atoms with Crippen LogP contribution in [0.15, 0.2) is 77.7 Å². The highest BCUT2D eigenvalue weighted by molar-refractivity contribution is 7.92. The molecule has 0 aliphatic carbocycles. The smallest absolute Gasteiger partial charge is 0.265 e. The molecule has 1 amide bonds. The number of rotatable bonds is 9. The maximum Gasteiger partial charge on any atom is 0.265 e. The number of anilines is 2. The Morgan fingerprint density at radius 1 is 0.812 bits per heavy atom. The minimum Gasteiger partial charge on any atom is -0.497 e. The maximum absolute atomic E-state index is 12.6. The van der Waals surface area contributed by atoms with Crippen molar-refractivity contribution in [2.24, 2.45) is 0 Å². The van der Waals surface area contributed by atoms with Gasteiger partial charge >= 0.3 is 0 Å². The fraction of sp³-hybridized carbons (Fsp3) is 0.174. The molecule has 0 aliphatic rings. The summed E-state index contributed by atoms with van der Waals surface area (Å²) in [6, 6.07) is 19.3. The van der Waals surface area contributed by atoms with E-state index in [1.807, 2.05) is 0 Å². The van der Waals surface area contributed by atoms with Crippen LogP contribution >= 0.6 is 0 Å². The summed E-state index contributed by atoms with van der Waals surface area (Å²) in [5, 5.41) is 2.71. The van der Waals surface area contributed by atoms with E-state index in [-0.39, 0.29) is 10.8 Å². The van der Waals surface area contributed by atoms with Gasteiger partial charge in [-0.2, -0.15) is 0 Å². The lowest BCUT2D eigenvalue weighted by atomic mass is 10.3. The molecule has 0 spiro atoms. The molecule has 1 atom stereocenters. The zero-order valence-electron chi connectivity index (χ0n) is 17.9. The third-order valence-electron chi connectivity index (χ3n) is 4.50. The van der Waals surface area contributed by atoms with Gasteiger partial charge in [0.1, 0.15) is 17.2 Å². The Bertz CT molecular complexity index is 1160. The van der Waals surface area contributed by atoms with Crippen LogP contribution in [0.4, 0.5) is 11.4 Å². The molecule has 8 nitrogen and oxygen atoms in total. The van der Waals surface area contributed by atoms with E-state index in [0.29, 0.717) is 28.6 Å². The second kappa shape index (κ2) is 10.1. The molecule has 0 saturated heterocycles. The first-order valence-electron chi connectivity index (χ1n) is 9.69. The van der Waals surface area contributed by atoms with Crippen LogP contribution in [0.3, 0.4) is 0 Å². The molecule has 32 heavy (non-hydrogen) atoms. The Kier molecular flexibility index (Phi) is 7.21. The molecule has 0 bridgehead atoms. The summed E-state index contributed by atoms with van der Waals surface area (Å²) in [5.74, 6) is 1.37. The van der Waals surface area contributed by atoms with Gasteiger partial charge in [0.05, 0.1) is 19.1 Å². The minimum absolute atomic E-state index is 0.0620. The molecular formula is C23H24N2O6S. The molecule has 3 aromatic rings. The van der Waals surface area contributed by atoms with Crippen molar-refractivity contribution in [3.05, 3.63) is 72.8 Å². The summed E-state index contributed by atoms with van der Waals surface area (Å²) >= 11 is 0. The third kappa shape index (κ3) is 5.92. The van der Waals surface area contributed by atoms with Crippen molar-refractivity contribution >= 4 is 27.3 Å². The van der Waals surface area contributed by atoms with Crippen molar-refractivity contribution in [1.29, 1.82) is 0 Å². The van der Waals surface area contributed by atoms with E-state index in [4.69, 9.17) is 14.2 Å². The van der Waals surface area contributed by atoms with E-state index in [2.05, 4.69) is 10.0 Å². The summed E-state index contributed by atoms with van der Waals surface area (Å²) < 4.78 is 43.5. The van der Waals surface area contributed by atoms with Gasteiger partial charge < -0.3 is 19.5 Å². The van der Waals surface area contributed by atoms with Crippen LogP contribution in [-0.4, -0.2) is 34.6 Å². The van der Waals surface area contributed by atoms with E-state index in [0.717, 1.165) is 0 Å². The van der Waals surface area contributed by atoms with Gasteiger partial charge in [-0.15, -0.1) is 0 Å². The summed E-state index contributed by atoms with van der Waals surface area (Å²) in [7, 11) is -0.702. The van der Waals surface area contributed by atoms with E-state index >= 15 is 0 Å². The van der Waals surface area contributed by atoms with Gasteiger partial charge in [0.15, 0.2) is 6.10 Å². The van der Waals surface area contributed by atoms with E-state index in [9.17, 15) is 13.2 Å². The van der Waals surface area contributed by atoms with Crippen molar-refractivity contribution in [3.8, 4) is 17.2 Å². The van der Waals surface area contributed by atoms with Crippen LogP contribution in [0.5, 0.6) is 17.2 Å². The normalized spacial score (nSPS) is 11.8. The van der Waals surface area contributed by atoms with Crippen LogP contribution in [0.2, 0.25) is 0 Å². The number of carbonyl (C=O) groups excluding carboxylic acids is 1. The SMILES string of the molecule is COc1ccc(NS(=O)(=O)c2ccc(NC(=O)[C@H](C)Oc3cccc(OC)c3)cc2)cc1. The van der Waals surface area contributed by atoms with Gasteiger partial charge in [-0.3, -0.25) is 9.52 Å². The van der Waals surface area contributed by atoms with Crippen LogP contribution in [-0.2, 0) is 14.8 Å². The number of methoxy groups -OCH3 is 2. The summed E-state index contributed by atoms with van der Waals surface area (Å²) in [6.45, 7) is 1.62. The van der Waals surface area contributed by atoms with Crippen LogP contribution < -0.4 is 24.2 Å². The third-order valence-corrected chi connectivity index (χ3v) is 5.89. The number of nitrogens with one attached hydrogen (secondary N) is 2. The number of hydrogen-bond acceptors (Lipinski definition) is 6. The molecular weight excluding hydrogens is 432 g/mol. The molecule has 0 radical (unpaired) electrons. The van der Waals surface area contributed by atoms with Crippen molar-refractivity contribution in [2.75, 3.05) is 24.3 Å². The average molecular weight is 457 g/mol. The van der Waals surface area contributed by atoms with E-state index in [1.165, 1.54) is 31.4 Å². The molecule has 9 heteroatoms. The first kappa shape index (κ1) is 23.0. The van der Waals surface area contributed by atoms with Crippen LogP contribution in [0, 0.1) is 0 Å². The van der Waals surface area contributed by atoms with Gasteiger partial charge in [0.25, 0.3) is 15.9 Å². The fourth-order valence-corrected chi connectivity index (χ4v) is 3.83. The molecule has 3 aromatic carbocycles. The van der Waals surface area contributed by atoms with Gasteiger partial charge in [-0.25, -0.2) is 8.42 Å². The number of hydrogen-bond donors (Lipinski definition) is 2. The van der Waals surface area contributed by atoms with Crippen molar-refractivity contribution in [2.45, 2.75) is 17.9 Å². The summed E-state index contributed by atoms with van der Waals surface area (Å²) in [6.07, 6.45) is -0.776. The van der Waals surface area contributed by atoms with E-state index < -0.39 is 16.1 Å². The second-order valence-corrected chi connectivity index (χ2v) is 8.47. The molecule has 0 aromatic heterocycles. The number of ether oxygens (including phenoxy) is 3. The number of carbonyl (C=O) groups is 1.